The van der Waals surface area contributed by atoms with E-state index in [1.165, 1.54) is 0 Å². The van der Waals surface area contributed by atoms with Gasteiger partial charge in [-0.2, -0.15) is 0 Å². The van der Waals surface area contributed by atoms with Gasteiger partial charge < -0.3 is 9.64 Å². The summed E-state index contributed by atoms with van der Waals surface area (Å²) in [6.45, 7) is 12.0. The van der Waals surface area contributed by atoms with Crippen LogP contribution in [0.2, 0.25) is 0 Å². The molecule has 8 heteroatoms. The van der Waals surface area contributed by atoms with E-state index in [0.29, 0.717) is 41.8 Å². The fraction of sp³-hybridized carbons (Fsp3) is 0.474. The first-order chi connectivity index (χ1) is 12.7. The Labute approximate surface area is 160 Å². The van der Waals surface area contributed by atoms with Crippen LogP contribution in [-0.4, -0.2) is 44.7 Å². The Morgan fingerprint density at radius 3 is 2.07 bits per heavy atom. The van der Waals surface area contributed by atoms with Crippen molar-refractivity contribution in [2.75, 3.05) is 35.9 Å². The molecule has 1 aromatic carbocycles. The van der Waals surface area contributed by atoms with Crippen LogP contribution in [0, 0.1) is 34.6 Å². The second-order valence-electron chi connectivity index (χ2n) is 6.98. The zero-order valence-electron chi connectivity index (χ0n) is 16.5. The number of nitrogens with one attached hydrogen (secondary N) is 1. The Kier molecular flexibility index (Phi) is 5.39. The number of sulfonamides is 1. The third-order valence-electron chi connectivity index (χ3n) is 4.87. The van der Waals surface area contributed by atoms with Crippen LogP contribution in [0.4, 0.5) is 11.6 Å². The molecule has 0 spiro atoms. The highest BCUT2D eigenvalue weighted by molar-refractivity contribution is 7.92. The number of hydrogen-bond donors (Lipinski definition) is 1. The molecule has 0 aliphatic carbocycles. The minimum Gasteiger partial charge on any atom is -0.378 e. The summed E-state index contributed by atoms with van der Waals surface area (Å²) in [6.07, 6.45) is 0. The van der Waals surface area contributed by atoms with Crippen molar-refractivity contribution in [3.63, 3.8) is 0 Å². The van der Waals surface area contributed by atoms with E-state index in [2.05, 4.69) is 19.6 Å². The molecule has 27 heavy (non-hydrogen) atoms. The maximum atomic E-state index is 13.0. The molecule has 2 heterocycles. The van der Waals surface area contributed by atoms with Gasteiger partial charge in [0.1, 0.15) is 0 Å². The number of benzene rings is 1. The fourth-order valence-electron chi connectivity index (χ4n) is 3.16. The molecular weight excluding hydrogens is 364 g/mol. The van der Waals surface area contributed by atoms with Gasteiger partial charge >= 0.3 is 0 Å². The van der Waals surface area contributed by atoms with Crippen molar-refractivity contribution in [2.45, 2.75) is 39.5 Å². The standard InChI is InChI=1S/C19H26N4O3S/c1-12-10-14(3)17(11-13(12)2)27(24,25)22-18-15(4)20-19(21-16(18)5)23-6-8-26-9-7-23/h10-11,22H,6-9H2,1-5H3. The molecule has 1 aromatic heterocycles. The van der Waals surface area contributed by atoms with E-state index in [4.69, 9.17) is 4.74 Å². The summed E-state index contributed by atoms with van der Waals surface area (Å²) < 4.78 is 34.0. The first-order valence-corrected chi connectivity index (χ1v) is 10.5. The van der Waals surface area contributed by atoms with Crippen molar-refractivity contribution < 1.29 is 13.2 Å². The van der Waals surface area contributed by atoms with Gasteiger partial charge in [-0.15, -0.1) is 0 Å². The van der Waals surface area contributed by atoms with Crippen LogP contribution in [0.15, 0.2) is 17.0 Å². The summed E-state index contributed by atoms with van der Waals surface area (Å²) in [5.41, 5.74) is 4.37. The predicted octanol–water partition coefficient (Wildman–Crippen LogP) is 2.66. The van der Waals surface area contributed by atoms with Gasteiger partial charge in [-0.05, 0) is 57.4 Å². The third kappa shape index (κ3) is 4.06. The summed E-state index contributed by atoms with van der Waals surface area (Å²) in [5.74, 6) is 0.610. The third-order valence-corrected chi connectivity index (χ3v) is 6.36. The van der Waals surface area contributed by atoms with Crippen molar-refractivity contribution in [1.82, 2.24) is 9.97 Å². The largest absolute Gasteiger partial charge is 0.378 e. The maximum absolute atomic E-state index is 13.0. The molecule has 0 saturated carbocycles. The number of anilines is 2. The molecule has 146 valence electrons. The number of rotatable bonds is 4. The smallest absolute Gasteiger partial charge is 0.262 e. The summed E-state index contributed by atoms with van der Waals surface area (Å²) >= 11 is 0. The van der Waals surface area contributed by atoms with Crippen molar-refractivity contribution >= 4 is 21.7 Å². The Hall–Kier alpha value is -2.19. The average molecular weight is 391 g/mol. The highest BCUT2D eigenvalue weighted by atomic mass is 32.2. The van der Waals surface area contributed by atoms with Crippen molar-refractivity contribution in [1.29, 1.82) is 0 Å². The molecule has 1 fully saturated rings. The van der Waals surface area contributed by atoms with E-state index in [-0.39, 0.29) is 4.90 Å². The molecular formula is C19H26N4O3S. The lowest BCUT2D eigenvalue weighted by molar-refractivity contribution is 0.122. The topological polar surface area (TPSA) is 84.4 Å². The van der Waals surface area contributed by atoms with Gasteiger partial charge in [0.2, 0.25) is 5.95 Å². The van der Waals surface area contributed by atoms with E-state index in [1.54, 1.807) is 26.8 Å². The van der Waals surface area contributed by atoms with Crippen LogP contribution in [-0.2, 0) is 14.8 Å². The van der Waals surface area contributed by atoms with Crippen LogP contribution in [0.5, 0.6) is 0 Å². The highest BCUT2D eigenvalue weighted by Gasteiger charge is 2.22. The predicted molar refractivity (Wildman–Crippen MR) is 106 cm³/mol. The van der Waals surface area contributed by atoms with Crippen molar-refractivity contribution in [3.05, 3.63) is 40.2 Å². The average Bonchev–Trinajstić information content (AvgIpc) is 2.61. The lowest BCUT2D eigenvalue weighted by Crippen LogP contribution is -2.37. The van der Waals surface area contributed by atoms with E-state index in [1.807, 2.05) is 19.9 Å². The Morgan fingerprint density at radius 2 is 1.48 bits per heavy atom. The van der Waals surface area contributed by atoms with Crippen LogP contribution in [0.3, 0.4) is 0 Å². The van der Waals surface area contributed by atoms with Crippen LogP contribution < -0.4 is 9.62 Å². The normalized spacial score (nSPS) is 15.1. The quantitative estimate of drug-likeness (QED) is 0.864. The molecule has 7 nitrogen and oxygen atoms in total. The second kappa shape index (κ2) is 7.44. The molecule has 2 aromatic rings. The minimum absolute atomic E-state index is 0.279. The highest BCUT2D eigenvalue weighted by Crippen LogP contribution is 2.26. The second-order valence-corrected chi connectivity index (χ2v) is 8.63. The summed E-state index contributed by atoms with van der Waals surface area (Å²) in [6, 6.07) is 3.60. The van der Waals surface area contributed by atoms with Gasteiger partial charge in [0, 0.05) is 13.1 Å². The fourth-order valence-corrected chi connectivity index (χ4v) is 4.65. The Morgan fingerprint density at radius 1 is 0.926 bits per heavy atom. The van der Waals surface area contributed by atoms with Gasteiger partial charge in [0.05, 0.1) is 35.2 Å². The number of morpholine rings is 1. The summed E-state index contributed by atoms with van der Waals surface area (Å²) in [7, 11) is -3.73. The van der Waals surface area contributed by atoms with E-state index >= 15 is 0 Å². The van der Waals surface area contributed by atoms with Crippen LogP contribution >= 0.6 is 0 Å². The molecule has 1 aliphatic rings. The van der Waals surface area contributed by atoms with Gasteiger partial charge in [0.25, 0.3) is 10.0 Å². The zero-order chi connectivity index (χ0) is 19.8. The Balaban J connectivity index is 1.94. The van der Waals surface area contributed by atoms with Gasteiger partial charge in [-0.1, -0.05) is 6.07 Å². The number of nitrogens with zero attached hydrogens (tertiary/aromatic N) is 3. The molecule has 1 saturated heterocycles. The first kappa shape index (κ1) is 19.6. The first-order valence-electron chi connectivity index (χ1n) is 8.97. The minimum atomic E-state index is -3.73. The van der Waals surface area contributed by atoms with Crippen molar-refractivity contribution in [3.8, 4) is 0 Å². The van der Waals surface area contributed by atoms with E-state index in [9.17, 15) is 8.42 Å². The molecule has 3 rings (SSSR count). The molecule has 0 atom stereocenters. The van der Waals surface area contributed by atoms with E-state index in [0.717, 1.165) is 24.2 Å². The number of hydrogen-bond acceptors (Lipinski definition) is 6. The SMILES string of the molecule is Cc1cc(C)c(S(=O)(=O)Nc2c(C)nc(N3CCOCC3)nc2C)cc1C. The maximum Gasteiger partial charge on any atom is 0.262 e. The molecule has 0 radical (unpaired) electrons. The number of ether oxygens (including phenoxy) is 1. The zero-order valence-corrected chi connectivity index (χ0v) is 17.3. The molecule has 1 N–H and O–H groups in total. The molecule has 0 amide bonds. The lowest BCUT2D eigenvalue weighted by Gasteiger charge is -2.27. The number of aromatic nitrogens is 2. The van der Waals surface area contributed by atoms with Gasteiger partial charge in [-0.3, -0.25) is 4.72 Å². The van der Waals surface area contributed by atoms with Crippen molar-refractivity contribution in [2.24, 2.45) is 0 Å². The molecule has 0 bridgehead atoms. The number of aryl methyl sites for hydroxylation is 5. The lowest BCUT2D eigenvalue weighted by atomic mass is 10.1. The monoisotopic (exact) mass is 390 g/mol. The molecule has 1 aliphatic heterocycles. The van der Waals surface area contributed by atoms with Gasteiger partial charge in [0.15, 0.2) is 0 Å². The van der Waals surface area contributed by atoms with Crippen LogP contribution in [0.1, 0.15) is 28.1 Å². The summed E-state index contributed by atoms with van der Waals surface area (Å²) in [5, 5.41) is 0. The molecule has 0 unspecified atom stereocenters. The van der Waals surface area contributed by atoms with Gasteiger partial charge in [-0.25, -0.2) is 18.4 Å². The summed E-state index contributed by atoms with van der Waals surface area (Å²) in [4.78, 5) is 11.4. The Bertz CT molecular complexity index is 944. The van der Waals surface area contributed by atoms with Crippen LogP contribution in [0.25, 0.3) is 0 Å². The van der Waals surface area contributed by atoms with E-state index < -0.39 is 10.0 Å².